The van der Waals surface area contributed by atoms with E-state index in [1.165, 1.54) is 25.3 Å². The summed E-state index contributed by atoms with van der Waals surface area (Å²) in [7, 11) is 5.31. The largest absolute Gasteiger partial charge is 0.508 e. The predicted octanol–water partition coefficient (Wildman–Crippen LogP) is 4.33. The van der Waals surface area contributed by atoms with E-state index < -0.39 is 11.6 Å². The van der Waals surface area contributed by atoms with Crippen molar-refractivity contribution in [3.05, 3.63) is 58.9 Å². The van der Waals surface area contributed by atoms with Gasteiger partial charge in [0.05, 0.1) is 12.7 Å². The Balaban J connectivity index is 2.30. The Morgan fingerprint density at radius 1 is 1.24 bits per heavy atom. The summed E-state index contributed by atoms with van der Waals surface area (Å²) in [6, 6.07) is 7.49. The molecular weight excluding hydrogens is 373 g/mol. The smallest absolute Gasteiger partial charge is 0.188 e. The van der Waals surface area contributed by atoms with Crippen molar-refractivity contribution in [2.75, 3.05) is 34.4 Å². The zero-order chi connectivity index (χ0) is 21.4. The molecule has 0 spiro atoms. The van der Waals surface area contributed by atoms with Gasteiger partial charge < -0.3 is 19.5 Å². The minimum Gasteiger partial charge on any atom is -0.508 e. The average molecular weight is 401 g/mol. The number of ketones is 1. The lowest BCUT2D eigenvalue weighted by atomic mass is 10.0. The minimum atomic E-state index is -0.640. The molecule has 0 aromatic heterocycles. The van der Waals surface area contributed by atoms with Crippen LogP contribution >= 0.6 is 0 Å². The molecule has 0 bridgehead atoms. The molecule has 0 aliphatic carbocycles. The third-order valence-corrected chi connectivity index (χ3v) is 4.38. The molecule has 0 saturated heterocycles. The number of allylic oxidation sites excluding steroid dienone is 1. The number of hydrogen-bond acceptors (Lipinski definition) is 5. The molecule has 0 aliphatic rings. The second-order valence-electron chi connectivity index (χ2n) is 6.96. The van der Waals surface area contributed by atoms with Gasteiger partial charge in [0.1, 0.15) is 29.7 Å². The number of aromatic hydroxyl groups is 1. The van der Waals surface area contributed by atoms with E-state index >= 15 is 0 Å². The topological polar surface area (TPSA) is 59.0 Å². The molecule has 2 aromatic rings. The van der Waals surface area contributed by atoms with Crippen LogP contribution in [-0.4, -0.2) is 50.1 Å². The minimum absolute atomic E-state index is 0.0373. The van der Waals surface area contributed by atoms with Crippen molar-refractivity contribution in [2.45, 2.75) is 19.8 Å². The molecule has 0 unspecified atom stereocenters. The van der Waals surface area contributed by atoms with E-state index in [0.717, 1.165) is 12.0 Å². The van der Waals surface area contributed by atoms with Gasteiger partial charge in [-0.25, -0.2) is 4.39 Å². The number of methoxy groups -OCH3 is 1. The molecule has 0 amide bonds. The highest BCUT2D eigenvalue weighted by atomic mass is 19.1. The highest BCUT2D eigenvalue weighted by Crippen LogP contribution is 2.30. The number of halogens is 1. The highest BCUT2D eigenvalue weighted by Gasteiger charge is 2.12. The summed E-state index contributed by atoms with van der Waals surface area (Å²) in [5.74, 6) is -0.115. The van der Waals surface area contributed by atoms with Gasteiger partial charge in [-0.3, -0.25) is 4.79 Å². The maximum Gasteiger partial charge on any atom is 0.188 e. The van der Waals surface area contributed by atoms with E-state index in [0.29, 0.717) is 36.6 Å². The quantitative estimate of drug-likeness (QED) is 0.474. The summed E-state index contributed by atoms with van der Waals surface area (Å²) in [4.78, 5) is 14.4. The van der Waals surface area contributed by atoms with E-state index in [9.17, 15) is 14.3 Å². The van der Waals surface area contributed by atoms with Gasteiger partial charge in [-0.05, 0) is 56.4 Å². The molecular formula is C23H28FNO4. The number of carbonyl (C=O) groups excluding carboxylic acids is 1. The van der Waals surface area contributed by atoms with E-state index in [1.807, 2.05) is 25.9 Å². The number of hydrogen-bond donors (Lipinski definition) is 1. The monoisotopic (exact) mass is 401 g/mol. The van der Waals surface area contributed by atoms with E-state index in [4.69, 9.17) is 9.47 Å². The predicted molar refractivity (Wildman–Crippen MR) is 112 cm³/mol. The van der Waals surface area contributed by atoms with Gasteiger partial charge in [-0.15, -0.1) is 0 Å². The number of ether oxygens (including phenoxy) is 2. The van der Waals surface area contributed by atoms with Crippen molar-refractivity contribution in [1.29, 1.82) is 0 Å². The van der Waals surface area contributed by atoms with Crippen LogP contribution in [0.25, 0.3) is 6.08 Å². The SMILES string of the molecule is CCCc1cc(C=CC(=O)c2ccc(OC)cc2F)c(OCCN(C)C)cc1O. The maximum atomic E-state index is 14.2. The molecule has 6 heteroatoms. The fourth-order valence-corrected chi connectivity index (χ4v) is 2.77. The van der Waals surface area contributed by atoms with Gasteiger partial charge in [0.15, 0.2) is 5.78 Å². The molecule has 0 aliphatic heterocycles. The first-order valence-electron chi connectivity index (χ1n) is 9.55. The molecule has 0 fully saturated rings. The Hall–Kier alpha value is -2.86. The number of nitrogens with zero attached hydrogens (tertiary/aromatic N) is 1. The first-order chi connectivity index (χ1) is 13.8. The van der Waals surface area contributed by atoms with Crippen LogP contribution in [0.3, 0.4) is 0 Å². The van der Waals surface area contributed by atoms with Crippen molar-refractivity contribution in [1.82, 2.24) is 4.90 Å². The summed E-state index contributed by atoms with van der Waals surface area (Å²) in [5, 5.41) is 10.3. The standard InChI is InChI=1S/C23H28FNO4/c1-5-6-16-13-17(23(15-22(16)27)29-12-11-25(2)3)7-10-21(26)19-9-8-18(28-4)14-20(19)24/h7-10,13-15,27H,5-6,11-12H2,1-4H3. The molecule has 5 nitrogen and oxygen atoms in total. The Morgan fingerprint density at radius 3 is 2.62 bits per heavy atom. The molecule has 0 radical (unpaired) electrons. The molecule has 1 N–H and O–H groups in total. The number of carbonyl (C=O) groups is 1. The number of phenolic OH excluding ortho intramolecular Hbond substituents is 1. The van der Waals surface area contributed by atoms with Gasteiger partial charge >= 0.3 is 0 Å². The van der Waals surface area contributed by atoms with Crippen LogP contribution < -0.4 is 9.47 Å². The molecule has 29 heavy (non-hydrogen) atoms. The van der Waals surface area contributed by atoms with Crippen LogP contribution in [0.1, 0.15) is 34.8 Å². The lowest BCUT2D eigenvalue weighted by Crippen LogP contribution is -2.19. The zero-order valence-corrected chi connectivity index (χ0v) is 17.4. The van der Waals surface area contributed by atoms with Crippen LogP contribution in [0.15, 0.2) is 36.4 Å². The summed E-state index contributed by atoms with van der Waals surface area (Å²) in [5.41, 5.74) is 1.40. The van der Waals surface area contributed by atoms with Crippen LogP contribution in [-0.2, 0) is 6.42 Å². The summed E-state index contributed by atoms with van der Waals surface area (Å²) in [6.45, 7) is 3.16. The Labute approximate surface area is 171 Å². The fraction of sp³-hybridized carbons (Fsp3) is 0.348. The van der Waals surface area contributed by atoms with Gasteiger partial charge in [0.2, 0.25) is 0 Å². The maximum absolute atomic E-state index is 14.2. The third-order valence-electron chi connectivity index (χ3n) is 4.38. The first-order valence-corrected chi connectivity index (χ1v) is 9.55. The van der Waals surface area contributed by atoms with Crippen LogP contribution in [0.5, 0.6) is 17.2 Å². The molecule has 2 rings (SSSR count). The molecule has 0 heterocycles. The molecule has 0 atom stereocenters. The van der Waals surface area contributed by atoms with Crippen molar-refractivity contribution in [2.24, 2.45) is 0 Å². The Kier molecular flexibility index (Phi) is 8.21. The van der Waals surface area contributed by atoms with Crippen molar-refractivity contribution in [3.63, 3.8) is 0 Å². The number of likely N-dealkylation sites (N-methyl/N-ethyl adjacent to an activating group) is 1. The second-order valence-corrected chi connectivity index (χ2v) is 6.96. The van der Waals surface area contributed by atoms with Crippen LogP contribution in [0.2, 0.25) is 0 Å². The normalized spacial score (nSPS) is 11.2. The Bertz CT molecular complexity index is 877. The number of benzene rings is 2. The van der Waals surface area contributed by atoms with Crippen molar-refractivity contribution < 1.29 is 23.8 Å². The van der Waals surface area contributed by atoms with E-state index in [-0.39, 0.29) is 11.3 Å². The van der Waals surface area contributed by atoms with E-state index in [2.05, 4.69) is 0 Å². The number of rotatable bonds is 10. The summed E-state index contributed by atoms with van der Waals surface area (Å²) < 4.78 is 24.9. The number of aryl methyl sites for hydroxylation is 1. The lowest BCUT2D eigenvalue weighted by molar-refractivity contribution is 0.104. The summed E-state index contributed by atoms with van der Waals surface area (Å²) >= 11 is 0. The fourth-order valence-electron chi connectivity index (χ4n) is 2.77. The summed E-state index contributed by atoms with van der Waals surface area (Å²) in [6.07, 6.45) is 4.47. The van der Waals surface area contributed by atoms with Crippen LogP contribution in [0, 0.1) is 5.82 Å². The Morgan fingerprint density at radius 2 is 2.00 bits per heavy atom. The van der Waals surface area contributed by atoms with Crippen LogP contribution in [0.4, 0.5) is 4.39 Å². The first kappa shape index (κ1) is 22.4. The second kappa shape index (κ2) is 10.6. The van der Waals surface area contributed by atoms with E-state index in [1.54, 1.807) is 24.3 Å². The van der Waals surface area contributed by atoms with Crippen molar-refractivity contribution >= 4 is 11.9 Å². The lowest BCUT2D eigenvalue weighted by Gasteiger charge is -2.15. The van der Waals surface area contributed by atoms with Gasteiger partial charge in [0.25, 0.3) is 0 Å². The van der Waals surface area contributed by atoms with Gasteiger partial charge in [0, 0.05) is 24.2 Å². The molecule has 156 valence electrons. The molecule has 0 saturated carbocycles. The van der Waals surface area contributed by atoms with Gasteiger partial charge in [-0.1, -0.05) is 13.3 Å². The van der Waals surface area contributed by atoms with Gasteiger partial charge in [-0.2, -0.15) is 0 Å². The van der Waals surface area contributed by atoms with Crippen molar-refractivity contribution in [3.8, 4) is 17.2 Å². The average Bonchev–Trinajstić information content (AvgIpc) is 2.68. The highest BCUT2D eigenvalue weighted by molar-refractivity contribution is 6.07. The molecule has 2 aromatic carbocycles. The zero-order valence-electron chi connectivity index (χ0n) is 17.4. The third kappa shape index (κ3) is 6.32. The number of phenols is 1.